The van der Waals surface area contributed by atoms with Crippen molar-refractivity contribution >= 4 is 5.78 Å². The summed E-state index contributed by atoms with van der Waals surface area (Å²) in [5.74, 6) is 0.876. The maximum absolute atomic E-state index is 11.4. The highest BCUT2D eigenvalue weighted by atomic mass is 16.1. The Balaban J connectivity index is 2.10. The van der Waals surface area contributed by atoms with Gasteiger partial charge in [-0.15, -0.1) is 0 Å². The highest BCUT2D eigenvalue weighted by molar-refractivity contribution is 5.78. The molecule has 0 bridgehead atoms. The SMILES string of the molecule is CC(C)CC(=O)CC[CH]Cc1ccccc1. The second-order valence-corrected chi connectivity index (χ2v) is 4.65. The fourth-order valence-electron chi connectivity index (χ4n) is 1.70. The largest absolute Gasteiger partial charge is 0.300 e. The Morgan fingerprint density at radius 3 is 2.56 bits per heavy atom. The quantitative estimate of drug-likeness (QED) is 0.634. The molecule has 0 unspecified atom stereocenters. The maximum atomic E-state index is 11.4. The molecule has 1 heteroatoms. The third kappa shape index (κ3) is 5.69. The molecule has 1 aromatic carbocycles. The number of hydrogen-bond acceptors (Lipinski definition) is 1. The van der Waals surface area contributed by atoms with Crippen LogP contribution in [0.1, 0.15) is 38.7 Å². The van der Waals surface area contributed by atoms with Gasteiger partial charge in [-0.3, -0.25) is 4.79 Å². The van der Waals surface area contributed by atoms with Crippen LogP contribution in [0.25, 0.3) is 0 Å². The van der Waals surface area contributed by atoms with Gasteiger partial charge >= 0.3 is 0 Å². The number of unbranched alkanes of at least 4 members (excludes halogenated alkanes) is 1. The van der Waals surface area contributed by atoms with E-state index in [0.29, 0.717) is 18.1 Å². The van der Waals surface area contributed by atoms with Gasteiger partial charge in [-0.05, 0) is 30.7 Å². The summed E-state index contributed by atoms with van der Waals surface area (Å²) in [4.78, 5) is 11.4. The number of hydrogen-bond donors (Lipinski definition) is 0. The minimum Gasteiger partial charge on any atom is -0.300 e. The molecule has 1 rings (SSSR count). The Labute approximate surface area is 98.9 Å². The van der Waals surface area contributed by atoms with Crippen molar-refractivity contribution in [2.24, 2.45) is 5.92 Å². The van der Waals surface area contributed by atoms with E-state index in [9.17, 15) is 4.79 Å². The van der Waals surface area contributed by atoms with E-state index in [1.54, 1.807) is 0 Å². The summed E-state index contributed by atoms with van der Waals surface area (Å²) in [6, 6.07) is 10.4. The van der Waals surface area contributed by atoms with Gasteiger partial charge in [0.25, 0.3) is 0 Å². The number of carbonyl (C=O) groups excluding carboxylic acids is 1. The van der Waals surface area contributed by atoms with Gasteiger partial charge in [0.05, 0.1) is 0 Å². The van der Waals surface area contributed by atoms with Gasteiger partial charge in [-0.2, -0.15) is 0 Å². The Bertz CT molecular complexity index is 300. The first kappa shape index (κ1) is 13.0. The molecule has 1 nitrogen and oxygen atoms in total. The van der Waals surface area contributed by atoms with Gasteiger partial charge in [0.15, 0.2) is 0 Å². The molecule has 0 aliphatic rings. The zero-order valence-corrected chi connectivity index (χ0v) is 10.3. The summed E-state index contributed by atoms with van der Waals surface area (Å²) in [5, 5.41) is 0. The van der Waals surface area contributed by atoms with Crippen molar-refractivity contribution in [2.45, 2.75) is 39.5 Å². The minimum absolute atomic E-state index is 0.388. The summed E-state index contributed by atoms with van der Waals surface area (Å²) in [7, 11) is 0. The van der Waals surface area contributed by atoms with E-state index < -0.39 is 0 Å². The summed E-state index contributed by atoms with van der Waals surface area (Å²) in [6.07, 6.45) is 5.49. The standard InChI is InChI=1S/C15H21O/c1-13(2)12-15(16)11-7-6-10-14-8-4-3-5-9-14/h3-6,8-9,13H,7,10-12H2,1-2H3. The van der Waals surface area contributed by atoms with Crippen LogP contribution in [0.2, 0.25) is 0 Å². The van der Waals surface area contributed by atoms with E-state index in [1.807, 2.05) is 18.2 Å². The molecule has 0 heterocycles. The Hall–Kier alpha value is -1.11. The molecule has 1 radical (unpaired) electrons. The molecular weight excluding hydrogens is 196 g/mol. The second kappa shape index (κ2) is 7.21. The van der Waals surface area contributed by atoms with Crippen molar-refractivity contribution in [3.8, 4) is 0 Å². The van der Waals surface area contributed by atoms with Crippen LogP contribution in [0.3, 0.4) is 0 Å². The third-order valence-electron chi connectivity index (χ3n) is 2.49. The number of benzene rings is 1. The predicted molar refractivity (Wildman–Crippen MR) is 68.1 cm³/mol. The molecule has 1 aromatic rings. The van der Waals surface area contributed by atoms with Crippen LogP contribution in [-0.2, 0) is 11.2 Å². The van der Waals surface area contributed by atoms with Gasteiger partial charge in [-0.25, -0.2) is 0 Å². The Kier molecular flexibility index (Phi) is 5.84. The van der Waals surface area contributed by atoms with Gasteiger partial charge in [-0.1, -0.05) is 44.2 Å². The molecular formula is C15H21O. The normalized spacial score (nSPS) is 10.7. The highest BCUT2D eigenvalue weighted by Gasteiger charge is 2.04. The van der Waals surface area contributed by atoms with Crippen LogP contribution in [0.5, 0.6) is 0 Å². The first-order valence-corrected chi connectivity index (χ1v) is 6.05. The van der Waals surface area contributed by atoms with Crippen LogP contribution in [-0.4, -0.2) is 5.78 Å². The molecule has 0 aliphatic carbocycles. The number of ketones is 1. The molecule has 0 atom stereocenters. The molecule has 0 spiro atoms. The van der Waals surface area contributed by atoms with Crippen molar-refractivity contribution in [3.63, 3.8) is 0 Å². The van der Waals surface area contributed by atoms with Gasteiger partial charge in [0, 0.05) is 12.8 Å². The topological polar surface area (TPSA) is 17.1 Å². The lowest BCUT2D eigenvalue weighted by atomic mass is 10.0. The fraction of sp³-hybridized carbons (Fsp3) is 0.467. The van der Waals surface area contributed by atoms with Crippen LogP contribution < -0.4 is 0 Å². The smallest absolute Gasteiger partial charge is 0.133 e. The zero-order chi connectivity index (χ0) is 11.8. The zero-order valence-electron chi connectivity index (χ0n) is 10.3. The second-order valence-electron chi connectivity index (χ2n) is 4.65. The Morgan fingerprint density at radius 2 is 1.94 bits per heavy atom. The van der Waals surface area contributed by atoms with Crippen molar-refractivity contribution in [1.82, 2.24) is 0 Å². The predicted octanol–water partition coefficient (Wildman–Crippen LogP) is 3.83. The number of carbonyl (C=O) groups is 1. The van der Waals surface area contributed by atoms with Crippen molar-refractivity contribution in [3.05, 3.63) is 42.3 Å². The van der Waals surface area contributed by atoms with Crippen LogP contribution in [0.4, 0.5) is 0 Å². The molecule has 0 saturated heterocycles. The van der Waals surface area contributed by atoms with Crippen molar-refractivity contribution < 1.29 is 4.79 Å². The van der Waals surface area contributed by atoms with Crippen molar-refractivity contribution in [2.75, 3.05) is 0 Å². The van der Waals surface area contributed by atoms with E-state index in [4.69, 9.17) is 0 Å². The molecule has 0 aliphatic heterocycles. The number of Topliss-reactive ketones (excluding diaryl/α,β-unsaturated/α-hetero) is 1. The molecule has 0 fully saturated rings. The summed E-state index contributed by atoms with van der Waals surface area (Å²) >= 11 is 0. The summed E-state index contributed by atoms with van der Waals surface area (Å²) in [6.45, 7) is 4.18. The van der Waals surface area contributed by atoms with Crippen molar-refractivity contribution in [1.29, 1.82) is 0 Å². The molecule has 0 aromatic heterocycles. The van der Waals surface area contributed by atoms with Crippen LogP contribution in [0, 0.1) is 12.3 Å². The van der Waals surface area contributed by atoms with Gasteiger partial charge < -0.3 is 0 Å². The fourth-order valence-corrected chi connectivity index (χ4v) is 1.70. The highest BCUT2D eigenvalue weighted by Crippen LogP contribution is 2.08. The Morgan fingerprint density at radius 1 is 1.25 bits per heavy atom. The lowest BCUT2D eigenvalue weighted by Gasteiger charge is -2.03. The molecule has 87 valence electrons. The third-order valence-corrected chi connectivity index (χ3v) is 2.49. The lowest BCUT2D eigenvalue weighted by molar-refractivity contribution is -0.119. The molecule has 0 amide bonds. The van der Waals surface area contributed by atoms with Gasteiger partial charge in [0.1, 0.15) is 5.78 Å². The first-order chi connectivity index (χ1) is 7.68. The molecule has 0 saturated carbocycles. The number of rotatable bonds is 7. The molecule has 0 N–H and O–H groups in total. The lowest BCUT2D eigenvalue weighted by Crippen LogP contribution is -2.02. The van der Waals surface area contributed by atoms with E-state index >= 15 is 0 Å². The average molecular weight is 217 g/mol. The molecule has 16 heavy (non-hydrogen) atoms. The monoisotopic (exact) mass is 217 g/mol. The van der Waals surface area contributed by atoms with Crippen LogP contribution in [0.15, 0.2) is 30.3 Å². The van der Waals surface area contributed by atoms with E-state index in [2.05, 4.69) is 32.4 Å². The summed E-state index contributed by atoms with van der Waals surface area (Å²) in [5.41, 5.74) is 1.32. The average Bonchev–Trinajstić information content (AvgIpc) is 2.25. The first-order valence-electron chi connectivity index (χ1n) is 6.05. The maximum Gasteiger partial charge on any atom is 0.133 e. The van der Waals surface area contributed by atoms with Gasteiger partial charge in [0.2, 0.25) is 0 Å². The van der Waals surface area contributed by atoms with Crippen LogP contribution >= 0.6 is 0 Å². The minimum atomic E-state index is 0.388. The summed E-state index contributed by atoms with van der Waals surface area (Å²) < 4.78 is 0. The van der Waals surface area contributed by atoms with E-state index in [0.717, 1.165) is 19.3 Å². The van der Waals surface area contributed by atoms with E-state index in [-0.39, 0.29) is 0 Å². The van der Waals surface area contributed by atoms with E-state index in [1.165, 1.54) is 5.56 Å².